The third-order valence-corrected chi connectivity index (χ3v) is 7.12. The molecule has 33 heavy (non-hydrogen) atoms. The molecule has 0 unspecified atom stereocenters. The summed E-state index contributed by atoms with van der Waals surface area (Å²) in [4.78, 5) is 19.9. The molecule has 0 aliphatic carbocycles. The van der Waals surface area contributed by atoms with Gasteiger partial charge in [-0.1, -0.05) is 18.2 Å². The number of hydrogen-bond donors (Lipinski definition) is 0. The summed E-state index contributed by atoms with van der Waals surface area (Å²) in [6.07, 6.45) is 13.3. The van der Waals surface area contributed by atoms with E-state index >= 15 is 0 Å². The Kier molecular flexibility index (Phi) is 5.71. The highest BCUT2D eigenvalue weighted by Gasteiger charge is 2.41. The number of carbonyl (C=O) groups excluding carboxylic acids is 1. The first-order chi connectivity index (χ1) is 15.9. The Labute approximate surface area is 194 Å². The molecule has 2 fully saturated rings. The van der Waals surface area contributed by atoms with Crippen molar-refractivity contribution >= 4 is 11.5 Å². The lowest BCUT2D eigenvalue weighted by Crippen LogP contribution is -2.34. The second-order valence-electron chi connectivity index (χ2n) is 9.47. The lowest BCUT2D eigenvalue weighted by molar-refractivity contribution is -0.122. The number of fused-ring (bicyclic) bond motifs is 2. The number of benzene rings is 1. The van der Waals surface area contributed by atoms with Gasteiger partial charge in [0.1, 0.15) is 0 Å². The average molecular weight is 448 g/mol. The molecule has 1 aromatic rings. The van der Waals surface area contributed by atoms with Gasteiger partial charge in [-0.3, -0.25) is 9.69 Å². The van der Waals surface area contributed by atoms with Crippen molar-refractivity contribution in [3.05, 3.63) is 83.6 Å². The Hall–Kier alpha value is -3.12. The van der Waals surface area contributed by atoms with Crippen LogP contribution in [0.3, 0.4) is 0 Å². The van der Waals surface area contributed by atoms with Gasteiger partial charge in [0.05, 0.1) is 12.8 Å². The molecular formula is C27H30FN3O2. The van der Waals surface area contributed by atoms with E-state index in [2.05, 4.69) is 29.7 Å². The van der Waals surface area contributed by atoms with Gasteiger partial charge in [-0.05, 0) is 67.2 Å². The highest BCUT2D eigenvalue weighted by molar-refractivity contribution is 5.99. The number of carbonyl (C=O) groups is 1. The number of ether oxygens (including phenoxy) is 1. The largest absolute Gasteiger partial charge is 0.494 e. The van der Waals surface area contributed by atoms with Crippen molar-refractivity contribution in [1.82, 2.24) is 14.7 Å². The third kappa shape index (κ3) is 4.15. The minimum absolute atomic E-state index is 0.149. The monoisotopic (exact) mass is 447 g/mol. The van der Waals surface area contributed by atoms with E-state index < -0.39 is 5.82 Å². The SMILES string of the molecule is COc1ccc(C2=C\C(=O)N3C=C(N4C[C@@H]5CN(C(C)C)C[C@@H]5C4)C=C\C3=C/C=C/2)cc1F. The molecule has 0 aromatic heterocycles. The van der Waals surface area contributed by atoms with Gasteiger partial charge in [0.25, 0.3) is 5.91 Å². The van der Waals surface area contributed by atoms with Gasteiger partial charge < -0.3 is 14.5 Å². The van der Waals surface area contributed by atoms with Crippen molar-refractivity contribution in [3.8, 4) is 5.75 Å². The summed E-state index contributed by atoms with van der Waals surface area (Å²) in [5, 5.41) is 0. The topological polar surface area (TPSA) is 36.0 Å². The minimum atomic E-state index is -0.450. The smallest absolute Gasteiger partial charge is 0.255 e. The highest BCUT2D eigenvalue weighted by Crippen LogP contribution is 2.35. The summed E-state index contributed by atoms with van der Waals surface area (Å²) in [6, 6.07) is 5.33. The maximum atomic E-state index is 14.2. The number of hydrogen-bond acceptors (Lipinski definition) is 4. The van der Waals surface area contributed by atoms with Crippen LogP contribution in [0.4, 0.5) is 4.39 Å². The molecule has 0 N–H and O–H groups in total. The van der Waals surface area contributed by atoms with E-state index in [0.29, 0.717) is 29.0 Å². The Balaban J connectivity index is 1.36. The zero-order valence-corrected chi connectivity index (χ0v) is 19.4. The third-order valence-electron chi connectivity index (χ3n) is 7.12. The van der Waals surface area contributed by atoms with Gasteiger partial charge in [0.2, 0.25) is 0 Å². The van der Waals surface area contributed by atoms with E-state index in [4.69, 9.17) is 4.74 Å². The van der Waals surface area contributed by atoms with E-state index in [-0.39, 0.29) is 11.7 Å². The van der Waals surface area contributed by atoms with Crippen molar-refractivity contribution in [2.45, 2.75) is 19.9 Å². The van der Waals surface area contributed by atoms with Crippen molar-refractivity contribution in [2.75, 3.05) is 33.3 Å². The van der Waals surface area contributed by atoms with Gasteiger partial charge in [-0.25, -0.2) is 4.39 Å². The van der Waals surface area contributed by atoms with E-state index in [0.717, 1.165) is 37.6 Å². The van der Waals surface area contributed by atoms with E-state index in [1.807, 2.05) is 30.5 Å². The molecule has 0 saturated carbocycles. The van der Waals surface area contributed by atoms with Crippen LogP contribution in [0.15, 0.2) is 72.2 Å². The highest BCUT2D eigenvalue weighted by atomic mass is 19.1. The molecule has 4 aliphatic heterocycles. The van der Waals surface area contributed by atoms with E-state index in [1.165, 1.54) is 13.2 Å². The standard InChI is InChI=1S/C27H30FN3O2/c1-18(2)29-13-21-15-30(16-22(21)14-29)24-9-8-23-6-4-5-19(12-27(32)31(23)17-24)20-7-10-26(33-3)25(28)11-20/h4-12,17-18,21-22H,13-16H2,1-3H3/b5-4+,19-12+,23-6+/t21-,22+. The molecule has 0 bridgehead atoms. The second-order valence-corrected chi connectivity index (χ2v) is 9.47. The zero-order chi connectivity index (χ0) is 23.1. The number of methoxy groups -OCH3 is 1. The van der Waals surface area contributed by atoms with E-state index in [1.54, 1.807) is 23.1 Å². The number of rotatable bonds is 4. The molecule has 0 spiro atoms. The van der Waals surface area contributed by atoms with Crippen molar-refractivity contribution < 1.29 is 13.9 Å². The lowest BCUT2D eigenvalue weighted by Gasteiger charge is -2.30. The Morgan fingerprint density at radius 1 is 1.03 bits per heavy atom. The maximum absolute atomic E-state index is 14.2. The summed E-state index contributed by atoms with van der Waals surface area (Å²) in [7, 11) is 1.44. The quantitative estimate of drug-likeness (QED) is 0.694. The first-order valence-electron chi connectivity index (χ1n) is 11.6. The van der Waals surface area contributed by atoms with Crippen LogP contribution >= 0.6 is 0 Å². The molecule has 6 heteroatoms. The summed E-state index contributed by atoms with van der Waals surface area (Å²) in [5.41, 5.74) is 3.18. The molecule has 172 valence electrons. The fourth-order valence-electron chi connectivity index (χ4n) is 5.20. The molecule has 2 atom stereocenters. The van der Waals surface area contributed by atoms with E-state index in [9.17, 15) is 9.18 Å². The second kappa shape index (κ2) is 8.67. The fourth-order valence-corrected chi connectivity index (χ4v) is 5.20. The molecule has 0 radical (unpaired) electrons. The summed E-state index contributed by atoms with van der Waals surface area (Å²) in [5.74, 6) is 0.947. The number of halogens is 1. The van der Waals surface area contributed by atoms with Crippen molar-refractivity contribution in [2.24, 2.45) is 11.8 Å². The van der Waals surface area contributed by atoms with Gasteiger partial charge in [-0.2, -0.15) is 0 Å². The Morgan fingerprint density at radius 2 is 1.76 bits per heavy atom. The Morgan fingerprint density at radius 3 is 2.42 bits per heavy atom. The van der Waals surface area contributed by atoms with Crippen LogP contribution in [-0.2, 0) is 4.79 Å². The molecule has 5 rings (SSSR count). The zero-order valence-electron chi connectivity index (χ0n) is 19.4. The number of amides is 1. The summed E-state index contributed by atoms with van der Waals surface area (Å²) in [6.45, 7) is 8.89. The predicted molar refractivity (Wildman–Crippen MR) is 127 cm³/mol. The molecule has 4 heterocycles. The van der Waals surface area contributed by atoms with Gasteiger partial charge >= 0.3 is 0 Å². The van der Waals surface area contributed by atoms with Gasteiger partial charge in [-0.15, -0.1) is 0 Å². The molecular weight excluding hydrogens is 417 g/mol. The first-order valence-corrected chi connectivity index (χ1v) is 11.6. The average Bonchev–Trinajstić information content (AvgIpc) is 3.37. The maximum Gasteiger partial charge on any atom is 0.255 e. The van der Waals surface area contributed by atoms with Crippen molar-refractivity contribution in [1.29, 1.82) is 0 Å². The van der Waals surface area contributed by atoms with Crippen LogP contribution in [0.25, 0.3) is 5.57 Å². The molecule has 1 aromatic carbocycles. The van der Waals surface area contributed by atoms with Gasteiger partial charge in [0, 0.05) is 50.2 Å². The van der Waals surface area contributed by atoms with Crippen molar-refractivity contribution in [3.63, 3.8) is 0 Å². The number of likely N-dealkylation sites (tertiary alicyclic amines) is 2. The Bertz CT molecular complexity index is 1100. The van der Waals surface area contributed by atoms with Crippen LogP contribution in [0.1, 0.15) is 19.4 Å². The van der Waals surface area contributed by atoms with Crippen LogP contribution < -0.4 is 4.74 Å². The predicted octanol–water partition coefficient (Wildman–Crippen LogP) is 4.18. The van der Waals surface area contributed by atoms with Gasteiger partial charge in [0.15, 0.2) is 11.6 Å². The molecule has 5 nitrogen and oxygen atoms in total. The molecule has 1 amide bonds. The summed E-state index contributed by atoms with van der Waals surface area (Å²) < 4.78 is 19.2. The lowest BCUT2D eigenvalue weighted by atomic mass is 10.0. The van der Waals surface area contributed by atoms with Crippen LogP contribution in [0, 0.1) is 17.7 Å². The molecule has 2 saturated heterocycles. The summed E-state index contributed by atoms with van der Waals surface area (Å²) >= 11 is 0. The number of nitrogens with zero attached hydrogens (tertiary/aromatic N) is 3. The van der Waals surface area contributed by atoms with Crippen LogP contribution in [-0.4, -0.2) is 59.9 Å². The minimum Gasteiger partial charge on any atom is -0.494 e. The van der Waals surface area contributed by atoms with Crippen LogP contribution in [0.5, 0.6) is 5.75 Å². The number of allylic oxidation sites excluding steroid dienone is 6. The van der Waals surface area contributed by atoms with Crippen LogP contribution in [0.2, 0.25) is 0 Å². The first kappa shape index (κ1) is 21.7. The molecule has 4 aliphatic rings. The normalized spacial score (nSPS) is 29.0. The fraction of sp³-hybridized carbons (Fsp3) is 0.370.